The molecule has 0 radical (unpaired) electrons. The van der Waals surface area contributed by atoms with Gasteiger partial charge in [0.1, 0.15) is 27.6 Å². The fraction of sp³-hybridized carbons (Fsp3) is 0.385. The second-order valence-electron chi connectivity index (χ2n) is 8.96. The molecule has 7 nitrogen and oxygen atoms in total. The van der Waals surface area contributed by atoms with Crippen LogP contribution < -0.4 is 10.5 Å². The molecule has 0 aliphatic carbocycles. The van der Waals surface area contributed by atoms with Gasteiger partial charge in [-0.2, -0.15) is 5.26 Å². The van der Waals surface area contributed by atoms with Crippen LogP contribution >= 0.6 is 24.0 Å². The highest BCUT2D eigenvalue weighted by atomic mass is 32.2. The van der Waals surface area contributed by atoms with Gasteiger partial charge in [-0.05, 0) is 57.0 Å². The number of hydrogen-bond acceptors (Lipinski definition) is 7. The van der Waals surface area contributed by atoms with Gasteiger partial charge in [-0.15, -0.1) is 0 Å². The topological polar surface area (TPSA) is 78.6 Å². The molecule has 2 atom stereocenters. The van der Waals surface area contributed by atoms with Crippen LogP contribution in [0.5, 0.6) is 0 Å². The lowest BCUT2D eigenvalue weighted by molar-refractivity contribution is -0.122. The Morgan fingerprint density at radius 2 is 1.86 bits per heavy atom. The van der Waals surface area contributed by atoms with Crippen molar-refractivity contribution < 1.29 is 13.9 Å². The Hall–Kier alpha value is -3.00. The number of ether oxygens (including phenoxy) is 1. The number of thiocarbonyl (C=S) groups is 1. The fourth-order valence-corrected chi connectivity index (χ4v) is 5.91. The lowest BCUT2D eigenvalue weighted by Gasteiger charge is -2.39. The fourth-order valence-electron chi connectivity index (χ4n) is 4.67. The largest absolute Gasteiger partial charge is 0.372 e. The summed E-state index contributed by atoms with van der Waals surface area (Å²) in [5, 5.41) is 9.76. The monoisotopic (exact) mass is 526 g/mol. The van der Waals surface area contributed by atoms with E-state index >= 15 is 0 Å². The molecular weight excluding hydrogens is 499 g/mol. The molecule has 188 valence electrons. The first-order valence-corrected chi connectivity index (χ1v) is 12.9. The van der Waals surface area contributed by atoms with Gasteiger partial charge >= 0.3 is 0 Å². The van der Waals surface area contributed by atoms with E-state index in [0.29, 0.717) is 45.8 Å². The molecule has 36 heavy (non-hydrogen) atoms. The third-order valence-electron chi connectivity index (χ3n) is 6.28. The highest BCUT2D eigenvalue weighted by Gasteiger charge is 2.34. The van der Waals surface area contributed by atoms with Crippen molar-refractivity contribution in [3.05, 3.63) is 67.6 Å². The van der Waals surface area contributed by atoms with Crippen molar-refractivity contribution in [1.29, 1.82) is 5.26 Å². The van der Waals surface area contributed by atoms with Crippen molar-refractivity contribution in [2.24, 2.45) is 0 Å². The van der Waals surface area contributed by atoms with Crippen LogP contribution in [0.25, 0.3) is 6.08 Å². The summed E-state index contributed by atoms with van der Waals surface area (Å²) in [7, 11) is 0. The van der Waals surface area contributed by atoms with Crippen LogP contribution in [0.2, 0.25) is 0 Å². The number of rotatable bonds is 5. The molecule has 3 heterocycles. The molecule has 10 heteroatoms. The number of aromatic nitrogens is 1. The molecule has 2 saturated heterocycles. The van der Waals surface area contributed by atoms with Crippen molar-refractivity contribution >= 4 is 46.1 Å². The lowest BCUT2D eigenvalue weighted by atomic mass is 10.0. The average Bonchev–Trinajstić information content (AvgIpc) is 3.09. The lowest BCUT2D eigenvalue weighted by Crippen LogP contribution is -2.48. The number of halogens is 1. The number of benzene rings is 1. The third kappa shape index (κ3) is 4.96. The molecule has 2 aromatic rings. The van der Waals surface area contributed by atoms with E-state index in [1.165, 1.54) is 28.8 Å². The van der Waals surface area contributed by atoms with E-state index in [1.54, 1.807) is 29.7 Å². The number of anilines is 1. The molecule has 4 rings (SSSR count). The van der Waals surface area contributed by atoms with Crippen LogP contribution in [0.4, 0.5) is 10.2 Å². The maximum Gasteiger partial charge on any atom is 0.270 e. The Morgan fingerprint density at radius 1 is 1.22 bits per heavy atom. The second-order valence-corrected chi connectivity index (χ2v) is 10.6. The van der Waals surface area contributed by atoms with E-state index in [-0.39, 0.29) is 41.6 Å². The number of thioether (sulfide) groups is 1. The summed E-state index contributed by atoms with van der Waals surface area (Å²) in [6.45, 7) is 9.30. The zero-order chi connectivity index (χ0) is 26.1. The Kier molecular flexibility index (Phi) is 7.64. The number of nitrogens with zero attached hydrogens (tertiary/aromatic N) is 4. The summed E-state index contributed by atoms with van der Waals surface area (Å²) in [6.07, 6.45) is 1.64. The number of nitriles is 1. The number of morpholine rings is 1. The molecule has 2 unspecified atom stereocenters. The Bertz CT molecular complexity index is 1340. The summed E-state index contributed by atoms with van der Waals surface area (Å²) in [6, 6.07) is 7.99. The standard InChI is InChI=1S/C26H27FN4O3S2/c1-5-30-23(29-12-15(2)34-16(3)13-29)20(17(4)21(11-28)24(30)32)10-22-25(33)31(26(35)36-22)14-18-6-8-19(27)9-7-18/h6-10,15-16H,5,12-14H2,1-4H3. The molecule has 0 saturated carbocycles. The Labute approximate surface area is 219 Å². The molecular formula is C26H27FN4O3S2. The summed E-state index contributed by atoms with van der Waals surface area (Å²) in [5.74, 6) is 0.0547. The van der Waals surface area contributed by atoms with Gasteiger partial charge in [-0.3, -0.25) is 19.1 Å². The molecule has 0 N–H and O–H groups in total. The summed E-state index contributed by atoms with van der Waals surface area (Å²) in [4.78, 5) is 30.6. The van der Waals surface area contributed by atoms with Gasteiger partial charge in [0.2, 0.25) is 0 Å². The van der Waals surface area contributed by atoms with Gasteiger partial charge in [0.15, 0.2) is 0 Å². The van der Waals surface area contributed by atoms with Crippen LogP contribution in [-0.2, 0) is 22.6 Å². The van der Waals surface area contributed by atoms with Crippen LogP contribution in [0.3, 0.4) is 0 Å². The molecule has 1 aromatic carbocycles. The van der Waals surface area contributed by atoms with Crippen molar-refractivity contribution in [2.45, 2.75) is 53.0 Å². The van der Waals surface area contributed by atoms with Gasteiger partial charge in [-0.25, -0.2) is 4.39 Å². The smallest absolute Gasteiger partial charge is 0.270 e. The maximum absolute atomic E-state index is 13.4. The highest BCUT2D eigenvalue weighted by molar-refractivity contribution is 8.26. The number of hydrogen-bond donors (Lipinski definition) is 0. The van der Waals surface area contributed by atoms with E-state index in [0.717, 1.165) is 5.56 Å². The SMILES string of the molecule is CCn1c(N2CC(C)OC(C)C2)c(C=C2SC(=S)N(Cc3ccc(F)cc3)C2=O)c(C)c(C#N)c1=O. The molecule has 0 spiro atoms. The zero-order valence-electron chi connectivity index (χ0n) is 20.6. The minimum absolute atomic E-state index is 0.0492. The first-order valence-electron chi connectivity index (χ1n) is 11.7. The van der Waals surface area contributed by atoms with E-state index in [9.17, 15) is 19.2 Å². The molecule has 2 aliphatic heterocycles. The van der Waals surface area contributed by atoms with Gasteiger partial charge in [-0.1, -0.05) is 36.1 Å². The minimum Gasteiger partial charge on any atom is -0.372 e. The Balaban J connectivity index is 1.81. The van der Waals surface area contributed by atoms with E-state index in [4.69, 9.17) is 17.0 Å². The van der Waals surface area contributed by atoms with Crippen LogP contribution in [0, 0.1) is 24.1 Å². The van der Waals surface area contributed by atoms with Crippen molar-refractivity contribution in [1.82, 2.24) is 9.47 Å². The normalized spacial score (nSPS) is 21.4. The number of carbonyl (C=O) groups excluding carboxylic acids is 1. The van der Waals surface area contributed by atoms with Crippen molar-refractivity contribution in [2.75, 3.05) is 18.0 Å². The van der Waals surface area contributed by atoms with Crippen LogP contribution in [0.1, 0.15) is 43.0 Å². The van der Waals surface area contributed by atoms with E-state index in [1.807, 2.05) is 20.8 Å². The van der Waals surface area contributed by atoms with Crippen LogP contribution in [0.15, 0.2) is 34.0 Å². The van der Waals surface area contributed by atoms with Crippen LogP contribution in [-0.4, -0.2) is 45.0 Å². The molecule has 1 amide bonds. The number of amides is 1. The van der Waals surface area contributed by atoms with Gasteiger partial charge < -0.3 is 9.64 Å². The van der Waals surface area contributed by atoms with Crippen molar-refractivity contribution in [3.8, 4) is 6.07 Å². The third-order valence-corrected chi connectivity index (χ3v) is 7.66. The van der Waals surface area contributed by atoms with E-state index in [2.05, 4.69) is 11.0 Å². The molecule has 0 bridgehead atoms. The summed E-state index contributed by atoms with van der Waals surface area (Å²) >= 11 is 6.67. The maximum atomic E-state index is 13.4. The van der Waals surface area contributed by atoms with E-state index < -0.39 is 0 Å². The summed E-state index contributed by atoms with van der Waals surface area (Å²) < 4.78 is 21.2. The minimum atomic E-state index is -0.349. The molecule has 1 aromatic heterocycles. The average molecular weight is 527 g/mol. The van der Waals surface area contributed by atoms with Crippen molar-refractivity contribution in [3.63, 3.8) is 0 Å². The summed E-state index contributed by atoms with van der Waals surface area (Å²) in [5.41, 5.74) is 1.64. The van der Waals surface area contributed by atoms with Gasteiger partial charge in [0, 0.05) is 25.2 Å². The quantitative estimate of drug-likeness (QED) is 0.427. The predicted molar refractivity (Wildman–Crippen MR) is 143 cm³/mol. The first-order chi connectivity index (χ1) is 17.1. The predicted octanol–water partition coefficient (Wildman–Crippen LogP) is 4.20. The van der Waals surface area contributed by atoms with Gasteiger partial charge in [0.25, 0.3) is 11.5 Å². The first kappa shape index (κ1) is 26.1. The molecule has 2 fully saturated rings. The highest BCUT2D eigenvalue weighted by Crippen LogP contribution is 2.37. The van der Waals surface area contributed by atoms with Gasteiger partial charge in [0.05, 0.1) is 23.7 Å². The second kappa shape index (κ2) is 10.5. The molecule has 2 aliphatic rings. The Morgan fingerprint density at radius 3 is 2.44 bits per heavy atom. The number of carbonyl (C=O) groups is 1. The zero-order valence-corrected chi connectivity index (χ0v) is 22.2. The number of pyridine rings is 1.